The van der Waals surface area contributed by atoms with Gasteiger partial charge in [-0.05, 0) is 42.3 Å². The molecule has 136 valence electrons. The summed E-state index contributed by atoms with van der Waals surface area (Å²) in [6, 6.07) is 12.1. The fraction of sp³-hybridized carbons (Fsp3) is 0.263. The van der Waals surface area contributed by atoms with Crippen molar-refractivity contribution in [2.45, 2.75) is 6.42 Å². The number of carboxylic acid groups (broad SMARTS) is 1. The fourth-order valence-electron chi connectivity index (χ4n) is 2.54. The second kappa shape index (κ2) is 8.24. The summed E-state index contributed by atoms with van der Waals surface area (Å²) in [5, 5.41) is 11.5. The van der Waals surface area contributed by atoms with Crippen LogP contribution in [0.3, 0.4) is 0 Å². The number of carboxylic acids is 1. The molecule has 26 heavy (non-hydrogen) atoms. The zero-order valence-electron chi connectivity index (χ0n) is 14.1. The quantitative estimate of drug-likeness (QED) is 0.786. The number of hydrogen-bond donors (Lipinski definition) is 2. The predicted octanol–water partition coefficient (Wildman–Crippen LogP) is 1.89. The first-order valence-electron chi connectivity index (χ1n) is 8.23. The molecule has 1 amide bonds. The van der Waals surface area contributed by atoms with Crippen molar-refractivity contribution >= 4 is 11.9 Å². The van der Waals surface area contributed by atoms with Gasteiger partial charge in [-0.1, -0.05) is 12.1 Å². The van der Waals surface area contributed by atoms with Crippen LogP contribution >= 0.6 is 0 Å². The lowest BCUT2D eigenvalue weighted by Crippen LogP contribution is -2.25. The first kappa shape index (κ1) is 17.6. The van der Waals surface area contributed by atoms with Gasteiger partial charge in [0.2, 0.25) is 0 Å². The maximum atomic E-state index is 12.2. The molecule has 0 aromatic heterocycles. The van der Waals surface area contributed by atoms with Gasteiger partial charge in [0.25, 0.3) is 5.91 Å². The number of carbonyl (C=O) groups is 2. The number of benzene rings is 2. The van der Waals surface area contributed by atoms with Gasteiger partial charge in [-0.2, -0.15) is 0 Å². The number of carbonyl (C=O) groups excluding carboxylic acids is 1. The highest BCUT2D eigenvalue weighted by atomic mass is 16.6. The summed E-state index contributed by atoms with van der Waals surface area (Å²) >= 11 is 0. The van der Waals surface area contributed by atoms with Gasteiger partial charge in [0.15, 0.2) is 18.1 Å². The van der Waals surface area contributed by atoms with E-state index in [1.165, 1.54) is 6.07 Å². The summed E-state index contributed by atoms with van der Waals surface area (Å²) < 4.78 is 16.1. The monoisotopic (exact) mass is 357 g/mol. The lowest BCUT2D eigenvalue weighted by Gasteiger charge is -2.18. The number of ether oxygens (including phenoxy) is 3. The third-order valence-electron chi connectivity index (χ3n) is 3.76. The Bertz CT molecular complexity index is 804. The molecular weight excluding hydrogens is 338 g/mol. The highest BCUT2D eigenvalue weighted by Crippen LogP contribution is 2.30. The standard InChI is InChI=1S/C19H19NO6/c21-18(22)12-26-15-3-1-2-14(11-15)19(23)20-7-6-13-4-5-16-17(10-13)25-9-8-24-16/h1-5,10-11H,6-9,12H2,(H,20,23)(H,21,22). The van der Waals surface area contributed by atoms with Crippen molar-refractivity contribution in [3.8, 4) is 17.2 Å². The minimum Gasteiger partial charge on any atom is -0.486 e. The Hall–Kier alpha value is -3.22. The number of fused-ring (bicyclic) bond motifs is 1. The van der Waals surface area contributed by atoms with Crippen LogP contribution in [0, 0.1) is 0 Å². The van der Waals surface area contributed by atoms with Crippen LogP contribution in [0.5, 0.6) is 17.2 Å². The Kier molecular flexibility index (Phi) is 5.58. The normalized spacial score (nSPS) is 12.3. The van der Waals surface area contributed by atoms with E-state index in [0.29, 0.717) is 37.5 Å². The van der Waals surface area contributed by atoms with Crippen molar-refractivity contribution in [1.29, 1.82) is 0 Å². The molecule has 2 N–H and O–H groups in total. The van der Waals surface area contributed by atoms with Crippen LogP contribution in [0.2, 0.25) is 0 Å². The highest BCUT2D eigenvalue weighted by Gasteiger charge is 2.12. The Balaban J connectivity index is 1.52. The summed E-state index contributed by atoms with van der Waals surface area (Å²) in [7, 11) is 0. The molecule has 0 aliphatic carbocycles. The first-order chi connectivity index (χ1) is 12.6. The second-order valence-electron chi connectivity index (χ2n) is 5.69. The van der Waals surface area contributed by atoms with E-state index in [9.17, 15) is 9.59 Å². The summed E-state index contributed by atoms with van der Waals surface area (Å²) in [6.07, 6.45) is 0.650. The Morgan fingerprint density at radius 2 is 1.88 bits per heavy atom. The van der Waals surface area contributed by atoms with E-state index in [4.69, 9.17) is 19.3 Å². The molecule has 1 aliphatic heterocycles. The minimum absolute atomic E-state index is 0.247. The van der Waals surface area contributed by atoms with E-state index in [0.717, 1.165) is 17.1 Å². The van der Waals surface area contributed by atoms with Crippen molar-refractivity contribution in [2.75, 3.05) is 26.4 Å². The largest absolute Gasteiger partial charge is 0.486 e. The third-order valence-corrected chi connectivity index (χ3v) is 3.76. The van der Waals surface area contributed by atoms with Gasteiger partial charge in [0.05, 0.1) is 0 Å². The van der Waals surface area contributed by atoms with Crippen LogP contribution in [-0.4, -0.2) is 43.3 Å². The maximum absolute atomic E-state index is 12.2. The predicted molar refractivity (Wildman–Crippen MR) is 93.0 cm³/mol. The molecule has 0 fully saturated rings. The van der Waals surface area contributed by atoms with Gasteiger partial charge in [-0.25, -0.2) is 4.79 Å². The highest BCUT2D eigenvalue weighted by molar-refractivity contribution is 5.94. The molecule has 1 aliphatic rings. The zero-order chi connectivity index (χ0) is 18.4. The van der Waals surface area contributed by atoms with Crippen LogP contribution < -0.4 is 19.5 Å². The molecule has 2 aromatic carbocycles. The average molecular weight is 357 g/mol. The van der Waals surface area contributed by atoms with Gasteiger partial charge in [-0.15, -0.1) is 0 Å². The summed E-state index contributed by atoms with van der Waals surface area (Å²) in [5.74, 6) is 0.486. The summed E-state index contributed by atoms with van der Waals surface area (Å²) in [5.41, 5.74) is 1.45. The van der Waals surface area contributed by atoms with E-state index in [1.807, 2.05) is 18.2 Å². The molecule has 0 bridgehead atoms. The van der Waals surface area contributed by atoms with Crippen molar-refractivity contribution < 1.29 is 28.9 Å². The zero-order valence-corrected chi connectivity index (χ0v) is 14.1. The van der Waals surface area contributed by atoms with E-state index in [-0.39, 0.29) is 5.91 Å². The fourth-order valence-corrected chi connectivity index (χ4v) is 2.54. The van der Waals surface area contributed by atoms with Crippen LogP contribution in [-0.2, 0) is 11.2 Å². The van der Waals surface area contributed by atoms with Gasteiger partial charge < -0.3 is 24.6 Å². The van der Waals surface area contributed by atoms with Crippen LogP contribution in [0.15, 0.2) is 42.5 Å². The molecule has 0 saturated heterocycles. The smallest absolute Gasteiger partial charge is 0.341 e. The van der Waals surface area contributed by atoms with E-state index in [2.05, 4.69) is 5.32 Å². The Morgan fingerprint density at radius 3 is 2.69 bits per heavy atom. The van der Waals surface area contributed by atoms with Gasteiger partial charge in [0.1, 0.15) is 19.0 Å². The van der Waals surface area contributed by atoms with Crippen molar-refractivity contribution in [1.82, 2.24) is 5.32 Å². The molecular formula is C19H19NO6. The third kappa shape index (κ3) is 4.66. The van der Waals surface area contributed by atoms with E-state index < -0.39 is 12.6 Å². The number of rotatable bonds is 7. The van der Waals surface area contributed by atoms with Crippen LogP contribution in [0.1, 0.15) is 15.9 Å². The molecule has 0 unspecified atom stereocenters. The molecule has 0 radical (unpaired) electrons. The molecule has 7 nitrogen and oxygen atoms in total. The maximum Gasteiger partial charge on any atom is 0.341 e. The number of amides is 1. The first-order valence-corrected chi connectivity index (χ1v) is 8.23. The van der Waals surface area contributed by atoms with Crippen molar-refractivity contribution in [3.63, 3.8) is 0 Å². The number of aliphatic carboxylic acids is 1. The van der Waals surface area contributed by atoms with Crippen LogP contribution in [0.4, 0.5) is 0 Å². The molecule has 0 saturated carbocycles. The summed E-state index contributed by atoms with van der Waals surface area (Å²) in [6.45, 7) is 1.10. The van der Waals surface area contributed by atoms with Gasteiger partial charge >= 0.3 is 5.97 Å². The Morgan fingerprint density at radius 1 is 1.08 bits per heavy atom. The lowest BCUT2D eigenvalue weighted by molar-refractivity contribution is -0.139. The lowest BCUT2D eigenvalue weighted by atomic mass is 10.1. The minimum atomic E-state index is -1.07. The van der Waals surface area contributed by atoms with Gasteiger partial charge in [-0.3, -0.25) is 4.79 Å². The molecule has 7 heteroatoms. The van der Waals surface area contributed by atoms with E-state index in [1.54, 1.807) is 18.2 Å². The molecule has 1 heterocycles. The number of nitrogens with one attached hydrogen (secondary N) is 1. The molecule has 3 rings (SSSR count). The SMILES string of the molecule is O=C(O)COc1cccc(C(=O)NCCc2ccc3c(c2)OCCO3)c1. The van der Waals surface area contributed by atoms with E-state index >= 15 is 0 Å². The van der Waals surface area contributed by atoms with Crippen LogP contribution in [0.25, 0.3) is 0 Å². The molecule has 0 spiro atoms. The van der Waals surface area contributed by atoms with Crippen molar-refractivity contribution in [2.24, 2.45) is 0 Å². The molecule has 0 atom stereocenters. The topological polar surface area (TPSA) is 94.1 Å². The van der Waals surface area contributed by atoms with Gasteiger partial charge in [0, 0.05) is 12.1 Å². The average Bonchev–Trinajstić information content (AvgIpc) is 2.66. The number of hydrogen-bond acceptors (Lipinski definition) is 5. The Labute approximate surface area is 150 Å². The van der Waals surface area contributed by atoms with Crippen molar-refractivity contribution in [3.05, 3.63) is 53.6 Å². The second-order valence-corrected chi connectivity index (χ2v) is 5.69. The molecule has 2 aromatic rings. The summed E-state index contributed by atoms with van der Waals surface area (Å²) in [4.78, 5) is 22.8.